The molecule has 0 amide bonds. The summed E-state index contributed by atoms with van der Waals surface area (Å²) in [4.78, 5) is 22.5. The Kier molecular flexibility index (Phi) is 6.04. The van der Waals surface area contributed by atoms with Crippen LogP contribution in [0.5, 0.6) is 0 Å². The monoisotopic (exact) mass is 250 g/mol. The van der Waals surface area contributed by atoms with E-state index in [1.807, 2.05) is 30.3 Å². The van der Waals surface area contributed by atoms with Gasteiger partial charge in [0.2, 0.25) is 0 Å². The molecule has 0 radical (unpaired) electrons. The van der Waals surface area contributed by atoms with E-state index in [0.29, 0.717) is 12.8 Å². The van der Waals surface area contributed by atoms with Crippen molar-refractivity contribution in [2.24, 2.45) is 11.5 Å². The van der Waals surface area contributed by atoms with Gasteiger partial charge in [-0.1, -0.05) is 30.3 Å². The molecule has 0 aliphatic heterocycles. The molecular formula is C13H18N2O3. The maximum absolute atomic E-state index is 11.7. The lowest BCUT2D eigenvalue weighted by Crippen LogP contribution is -2.37. The van der Waals surface area contributed by atoms with Crippen LogP contribution in [-0.2, 0) is 20.7 Å². The third-order valence-electron chi connectivity index (χ3n) is 2.51. The van der Waals surface area contributed by atoms with Crippen molar-refractivity contribution < 1.29 is 14.3 Å². The van der Waals surface area contributed by atoms with Crippen LogP contribution in [0.2, 0.25) is 0 Å². The van der Waals surface area contributed by atoms with E-state index in [0.717, 1.165) is 5.56 Å². The lowest BCUT2D eigenvalue weighted by Gasteiger charge is -2.10. The van der Waals surface area contributed by atoms with Gasteiger partial charge in [0, 0.05) is 6.42 Å². The van der Waals surface area contributed by atoms with E-state index in [9.17, 15) is 9.59 Å². The Morgan fingerprint density at radius 1 is 1.22 bits per heavy atom. The molecule has 4 N–H and O–H groups in total. The molecule has 1 aromatic carbocycles. The zero-order valence-corrected chi connectivity index (χ0v) is 10.2. The summed E-state index contributed by atoms with van der Waals surface area (Å²) in [6.45, 7) is -0.311. The summed E-state index contributed by atoms with van der Waals surface area (Å²) in [7, 11) is 0. The summed E-state index contributed by atoms with van der Waals surface area (Å²) in [6, 6.07) is 8.89. The number of ether oxygens (including phenoxy) is 1. The summed E-state index contributed by atoms with van der Waals surface area (Å²) in [6.07, 6.45) is 0.976. The van der Waals surface area contributed by atoms with Crippen LogP contribution in [0, 0.1) is 0 Å². The molecule has 1 atom stereocenters. The van der Waals surface area contributed by atoms with Crippen molar-refractivity contribution in [1.29, 1.82) is 0 Å². The van der Waals surface area contributed by atoms with Gasteiger partial charge in [-0.05, 0) is 12.0 Å². The lowest BCUT2D eigenvalue weighted by atomic mass is 10.0. The Morgan fingerprint density at radius 3 is 2.50 bits per heavy atom. The van der Waals surface area contributed by atoms with Gasteiger partial charge in [-0.3, -0.25) is 9.59 Å². The van der Waals surface area contributed by atoms with Gasteiger partial charge < -0.3 is 16.2 Å². The molecule has 5 heteroatoms. The fourth-order valence-electron chi connectivity index (χ4n) is 1.43. The van der Waals surface area contributed by atoms with Crippen LogP contribution >= 0.6 is 0 Å². The summed E-state index contributed by atoms with van der Waals surface area (Å²) < 4.78 is 4.72. The standard InChI is InChI=1S/C13H18N2O3/c14-8-13(17)18-9-11(15)12(16)7-6-10-4-2-1-3-5-10/h1-5,11H,6-9,14-15H2/t11-/m0/s1. The summed E-state index contributed by atoms with van der Waals surface area (Å²) in [5, 5.41) is 0. The van der Waals surface area contributed by atoms with Crippen LogP contribution < -0.4 is 11.5 Å². The van der Waals surface area contributed by atoms with Gasteiger partial charge in [-0.25, -0.2) is 0 Å². The molecule has 0 spiro atoms. The van der Waals surface area contributed by atoms with Crippen LogP contribution in [0.1, 0.15) is 12.0 Å². The zero-order chi connectivity index (χ0) is 13.4. The molecule has 0 aliphatic rings. The van der Waals surface area contributed by atoms with Gasteiger partial charge in [0.05, 0.1) is 12.6 Å². The first-order chi connectivity index (χ1) is 8.63. The normalized spacial score (nSPS) is 11.9. The smallest absolute Gasteiger partial charge is 0.319 e. The van der Waals surface area contributed by atoms with Crippen molar-refractivity contribution in [3.05, 3.63) is 35.9 Å². The van der Waals surface area contributed by atoms with Gasteiger partial charge in [0.1, 0.15) is 6.61 Å². The van der Waals surface area contributed by atoms with Crippen LogP contribution in [-0.4, -0.2) is 30.9 Å². The molecule has 1 aromatic rings. The number of hydrogen-bond acceptors (Lipinski definition) is 5. The molecule has 0 aliphatic carbocycles. The van der Waals surface area contributed by atoms with Gasteiger partial charge >= 0.3 is 5.97 Å². The van der Waals surface area contributed by atoms with Crippen molar-refractivity contribution in [3.8, 4) is 0 Å². The van der Waals surface area contributed by atoms with E-state index >= 15 is 0 Å². The third kappa shape index (κ3) is 5.07. The molecule has 1 rings (SSSR count). The van der Waals surface area contributed by atoms with E-state index in [1.54, 1.807) is 0 Å². The van der Waals surface area contributed by atoms with Gasteiger partial charge in [0.15, 0.2) is 5.78 Å². The maximum atomic E-state index is 11.7. The fraction of sp³-hybridized carbons (Fsp3) is 0.385. The Balaban J connectivity index is 2.30. The molecule has 0 bridgehead atoms. The SMILES string of the molecule is NCC(=O)OC[C@H](N)C(=O)CCc1ccccc1. The lowest BCUT2D eigenvalue weighted by molar-refractivity contribution is -0.143. The highest BCUT2D eigenvalue weighted by atomic mass is 16.5. The molecular weight excluding hydrogens is 232 g/mol. The number of ketones is 1. The van der Waals surface area contributed by atoms with E-state index in [2.05, 4.69) is 0 Å². The number of Topliss-reactive ketones (excluding diaryl/α,β-unsaturated/α-hetero) is 1. The quantitative estimate of drug-likeness (QED) is 0.665. The average molecular weight is 250 g/mol. The highest BCUT2D eigenvalue weighted by Crippen LogP contribution is 2.04. The Hall–Kier alpha value is -1.72. The van der Waals surface area contributed by atoms with Crippen LogP contribution in [0.15, 0.2) is 30.3 Å². The molecule has 0 saturated carbocycles. The third-order valence-corrected chi connectivity index (χ3v) is 2.51. The van der Waals surface area contributed by atoms with Crippen molar-refractivity contribution in [3.63, 3.8) is 0 Å². The Labute approximate surface area is 106 Å². The van der Waals surface area contributed by atoms with Gasteiger partial charge in [-0.2, -0.15) is 0 Å². The number of nitrogens with two attached hydrogens (primary N) is 2. The van der Waals surface area contributed by atoms with Crippen molar-refractivity contribution in [2.75, 3.05) is 13.2 Å². The second kappa shape index (κ2) is 7.58. The predicted octanol–water partition coefficient (Wildman–Crippen LogP) is 0.0175. The molecule has 18 heavy (non-hydrogen) atoms. The number of carbonyl (C=O) groups excluding carboxylic acids is 2. The first-order valence-corrected chi connectivity index (χ1v) is 5.81. The average Bonchev–Trinajstić information content (AvgIpc) is 2.42. The van der Waals surface area contributed by atoms with Crippen LogP contribution in [0.4, 0.5) is 0 Å². The van der Waals surface area contributed by atoms with E-state index in [4.69, 9.17) is 16.2 Å². The number of esters is 1. The van der Waals surface area contributed by atoms with Crippen LogP contribution in [0.25, 0.3) is 0 Å². The molecule has 5 nitrogen and oxygen atoms in total. The number of aryl methyl sites for hydroxylation is 1. The number of hydrogen-bond donors (Lipinski definition) is 2. The second-order valence-electron chi connectivity index (χ2n) is 3.95. The first-order valence-electron chi connectivity index (χ1n) is 5.81. The van der Waals surface area contributed by atoms with Gasteiger partial charge in [0.25, 0.3) is 0 Å². The topological polar surface area (TPSA) is 95.4 Å². The molecule has 98 valence electrons. The minimum atomic E-state index is -0.774. The molecule has 0 aromatic heterocycles. The van der Waals surface area contributed by atoms with E-state index in [-0.39, 0.29) is 18.9 Å². The molecule has 0 saturated heterocycles. The van der Waals surface area contributed by atoms with Crippen LogP contribution in [0.3, 0.4) is 0 Å². The van der Waals surface area contributed by atoms with Gasteiger partial charge in [-0.15, -0.1) is 0 Å². The largest absolute Gasteiger partial charge is 0.463 e. The Bertz CT molecular complexity index is 392. The molecule has 0 fully saturated rings. The Morgan fingerprint density at radius 2 is 1.89 bits per heavy atom. The fourth-order valence-corrected chi connectivity index (χ4v) is 1.43. The van der Waals surface area contributed by atoms with Crippen molar-refractivity contribution >= 4 is 11.8 Å². The number of carbonyl (C=O) groups is 2. The molecule has 0 unspecified atom stereocenters. The molecule has 0 heterocycles. The highest BCUT2D eigenvalue weighted by Gasteiger charge is 2.15. The number of rotatable bonds is 7. The summed E-state index contributed by atoms with van der Waals surface area (Å²) in [5.41, 5.74) is 11.8. The van der Waals surface area contributed by atoms with Crippen molar-refractivity contribution in [2.45, 2.75) is 18.9 Å². The van der Waals surface area contributed by atoms with E-state index < -0.39 is 12.0 Å². The number of benzene rings is 1. The second-order valence-corrected chi connectivity index (χ2v) is 3.95. The highest BCUT2D eigenvalue weighted by molar-refractivity contribution is 5.84. The predicted molar refractivity (Wildman–Crippen MR) is 67.8 cm³/mol. The zero-order valence-electron chi connectivity index (χ0n) is 10.2. The minimum absolute atomic E-state index is 0.107. The van der Waals surface area contributed by atoms with Crippen molar-refractivity contribution in [1.82, 2.24) is 0 Å². The van der Waals surface area contributed by atoms with E-state index in [1.165, 1.54) is 0 Å². The minimum Gasteiger partial charge on any atom is -0.463 e. The maximum Gasteiger partial charge on any atom is 0.319 e. The summed E-state index contributed by atoms with van der Waals surface area (Å²) in [5.74, 6) is -0.676. The first kappa shape index (κ1) is 14.3. The summed E-state index contributed by atoms with van der Waals surface area (Å²) >= 11 is 0.